The van der Waals surface area contributed by atoms with Gasteiger partial charge in [-0.1, -0.05) is 25.3 Å². The van der Waals surface area contributed by atoms with Crippen molar-refractivity contribution in [1.82, 2.24) is 15.3 Å². The Hall–Kier alpha value is -1.26. The fraction of sp³-hybridized carbons (Fsp3) is 0.467. The van der Waals surface area contributed by atoms with Gasteiger partial charge in [0.15, 0.2) is 0 Å². The number of thiazole rings is 1. The molecular weight excluding hydrogens is 254 g/mol. The second-order valence-electron chi connectivity index (χ2n) is 5.08. The lowest BCUT2D eigenvalue weighted by Crippen LogP contribution is -2.30. The molecule has 0 atom stereocenters. The molecular formula is C15H19N3S. The maximum atomic E-state index is 4.51. The van der Waals surface area contributed by atoms with Crippen molar-refractivity contribution in [3.8, 4) is 10.4 Å². The lowest BCUT2D eigenvalue weighted by Gasteiger charge is -2.22. The molecule has 2 aromatic rings. The van der Waals surface area contributed by atoms with E-state index in [4.69, 9.17) is 0 Å². The molecule has 0 saturated heterocycles. The van der Waals surface area contributed by atoms with Gasteiger partial charge in [0, 0.05) is 36.7 Å². The third-order valence-electron chi connectivity index (χ3n) is 3.65. The fourth-order valence-electron chi connectivity index (χ4n) is 2.57. The summed E-state index contributed by atoms with van der Waals surface area (Å²) in [5.74, 6) is 0. The van der Waals surface area contributed by atoms with E-state index in [-0.39, 0.29) is 0 Å². The van der Waals surface area contributed by atoms with Gasteiger partial charge < -0.3 is 5.32 Å². The van der Waals surface area contributed by atoms with Gasteiger partial charge in [-0.3, -0.25) is 4.98 Å². The van der Waals surface area contributed by atoms with Crippen LogP contribution in [0.25, 0.3) is 10.4 Å². The number of pyridine rings is 1. The van der Waals surface area contributed by atoms with E-state index in [1.807, 2.05) is 18.5 Å². The molecule has 100 valence electrons. The average Bonchev–Trinajstić information content (AvgIpc) is 2.96. The van der Waals surface area contributed by atoms with E-state index >= 15 is 0 Å². The largest absolute Gasteiger partial charge is 0.308 e. The van der Waals surface area contributed by atoms with Crippen LogP contribution < -0.4 is 5.32 Å². The van der Waals surface area contributed by atoms with Crippen molar-refractivity contribution in [3.63, 3.8) is 0 Å². The van der Waals surface area contributed by atoms with Crippen LogP contribution >= 0.6 is 11.3 Å². The monoisotopic (exact) mass is 273 g/mol. The summed E-state index contributed by atoms with van der Waals surface area (Å²) in [6.45, 7) is 0.898. The molecule has 3 nitrogen and oxygen atoms in total. The number of hydrogen-bond donors (Lipinski definition) is 1. The fourth-order valence-corrected chi connectivity index (χ4v) is 3.43. The molecule has 0 spiro atoms. The summed E-state index contributed by atoms with van der Waals surface area (Å²) in [5.41, 5.74) is 1.16. The minimum atomic E-state index is 0.694. The SMILES string of the molecule is c1cncc(-c2cnc(CNC3CCCCC3)s2)c1. The molecule has 1 fully saturated rings. The van der Waals surface area contributed by atoms with E-state index in [0.717, 1.165) is 12.1 Å². The van der Waals surface area contributed by atoms with E-state index in [0.29, 0.717) is 6.04 Å². The Balaban J connectivity index is 1.59. The highest BCUT2D eigenvalue weighted by molar-refractivity contribution is 7.15. The number of rotatable bonds is 4. The van der Waals surface area contributed by atoms with Gasteiger partial charge in [0.25, 0.3) is 0 Å². The highest BCUT2D eigenvalue weighted by atomic mass is 32.1. The normalized spacial score (nSPS) is 16.6. The summed E-state index contributed by atoms with van der Waals surface area (Å²) in [6.07, 6.45) is 12.4. The molecule has 0 aromatic carbocycles. The van der Waals surface area contributed by atoms with Gasteiger partial charge in [-0.25, -0.2) is 4.98 Å². The lowest BCUT2D eigenvalue weighted by atomic mass is 9.96. The number of nitrogens with one attached hydrogen (secondary N) is 1. The van der Waals surface area contributed by atoms with Gasteiger partial charge in [0.1, 0.15) is 5.01 Å². The Labute approximate surface area is 118 Å². The Morgan fingerprint density at radius 1 is 1.21 bits per heavy atom. The van der Waals surface area contributed by atoms with E-state index in [9.17, 15) is 0 Å². The summed E-state index contributed by atoms with van der Waals surface area (Å²) < 4.78 is 0. The van der Waals surface area contributed by atoms with E-state index in [1.165, 1.54) is 42.0 Å². The van der Waals surface area contributed by atoms with Gasteiger partial charge in [-0.2, -0.15) is 0 Å². The quantitative estimate of drug-likeness (QED) is 0.924. The van der Waals surface area contributed by atoms with Crippen LogP contribution in [0.2, 0.25) is 0 Å². The second-order valence-corrected chi connectivity index (χ2v) is 6.19. The zero-order valence-electron chi connectivity index (χ0n) is 11.0. The van der Waals surface area contributed by atoms with Crippen LogP contribution in [0.15, 0.2) is 30.7 Å². The Morgan fingerprint density at radius 3 is 2.89 bits per heavy atom. The zero-order valence-corrected chi connectivity index (χ0v) is 11.8. The minimum absolute atomic E-state index is 0.694. The summed E-state index contributed by atoms with van der Waals surface area (Å²) in [5, 5.41) is 4.81. The molecule has 4 heteroatoms. The number of hydrogen-bond acceptors (Lipinski definition) is 4. The van der Waals surface area contributed by atoms with Crippen LogP contribution in [0.4, 0.5) is 0 Å². The van der Waals surface area contributed by atoms with Crippen molar-refractivity contribution in [3.05, 3.63) is 35.7 Å². The van der Waals surface area contributed by atoms with Crippen molar-refractivity contribution in [1.29, 1.82) is 0 Å². The average molecular weight is 273 g/mol. The second kappa shape index (κ2) is 6.26. The highest BCUT2D eigenvalue weighted by Crippen LogP contribution is 2.25. The Morgan fingerprint density at radius 2 is 2.11 bits per heavy atom. The van der Waals surface area contributed by atoms with Gasteiger partial charge in [0.2, 0.25) is 0 Å². The van der Waals surface area contributed by atoms with E-state index in [1.54, 1.807) is 17.5 Å². The van der Waals surface area contributed by atoms with Crippen LogP contribution in [0.1, 0.15) is 37.1 Å². The maximum Gasteiger partial charge on any atom is 0.107 e. The predicted octanol–water partition coefficient (Wildman–Crippen LogP) is 3.63. The molecule has 0 aliphatic heterocycles. The van der Waals surface area contributed by atoms with Crippen LogP contribution in [0.3, 0.4) is 0 Å². The first-order chi connectivity index (χ1) is 9.42. The maximum absolute atomic E-state index is 4.51. The predicted molar refractivity (Wildman–Crippen MR) is 79.1 cm³/mol. The lowest BCUT2D eigenvalue weighted by molar-refractivity contribution is 0.372. The molecule has 1 aliphatic carbocycles. The van der Waals surface area contributed by atoms with Gasteiger partial charge in [0.05, 0.1) is 4.88 Å². The molecule has 0 radical (unpaired) electrons. The molecule has 1 aliphatic rings. The summed E-state index contributed by atoms with van der Waals surface area (Å²) in [6, 6.07) is 4.74. The van der Waals surface area contributed by atoms with Crippen molar-refractivity contribution in [2.45, 2.75) is 44.7 Å². The van der Waals surface area contributed by atoms with Gasteiger partial charge in [-0.15, -0.1) is 11.3 Å². The van der Waals surface area contributed by atoms with Crippen LogP contribution in [0.5, 0.6) is 0 Å². The molecule has 1 saturated carbocycles. The molecule has 0 unspecified atom stereocenters. The van der Waals surface area contributed by atoms with Crippen LogP contribution in [-0.4, -0.2) is 16.0 Å². The molecule has 1 N–H and O–H groups in total. The summed E-state index contributed by atoms with van der Waals surface area (Å²) in [4.78, 5) is 9.86. The first-order valence-electron chi connectivity index (χ1n) is 7.00. The van der Waals surface area contributed by atoms with Crippen molar-refractivity contribution >= 4 is 11.3 Å². The standard InChI is InChI=1S/C15H19N3S/c1-2-6-13(7-3-1)17-11-15-18-10-14(19-15)12-5-4-8-16-9-12/h4-5,8-10,13,17H,1-3,6-7,11H2. The van der Waals surface area contributed by atoms with Gasteiger partial charge in [-0.05, 0) is 18.9 Å². The topological polar surface area (TPSA) is 37.8 Å². The van der Waals surface area contributed by atoms with E-state index in [2.05, 4.69) is 21.4 Å². The van der Waals surface area contributed by atoms with Crippen molar-refractivity contribution in [2.75, 3.05) is 0 Å². The third kappa shape index (κ3) is 3.39. The number of nitrogens with zero attached hydrogens (tertiary/aromatic N) is 2. The highest BCUT2D eigenvalue weighted by Gasteiger charge is 2.13. The summed E-state index contributed by atoms with van der Waals surface area (Å²) in [7, 11) is 0. The molecule has 19 heavy (non-hydrogen) atoms. The minimum Gasteiger partial charge on any atom is -0.308 e. The smallest absolute Gasteiger partial charge is 0.107 e. The molecule has 0 amide bonds. The van der Waals surface area contributed by atoms with Crippen molar-refractivity contribution in [2.24, 2.45) is 0 Å². The third-order valence-corrected chi connectivity index (χ3v) is 4.69. The Kier molecular flexibility index (Phi) is 4.20. The molecule has 2 heterocycles. The van der Waals surface area contributed by atoms with Gasteiger partial charge >= 0.3 is 0 Å². The summed E-state index contributed by atoms with van der Waals surface area (Å²) >= 11 is 1.76. The van der Waals surface area contributed by atoms with Crippen LogP contribution in [0, 0.1) is 0 Å². The molecule has 3 rings (SSSR count). The van der Waals surface area contributed by atoms with Crippen molar-refractivity contribution < 1.29 is 0 Å². The van der Waals surface area contributed by atoms with Crippen LogP contribution in [-0.2, 0) is 6.54 Å². The number of aromatic nitrogens is 2. The molecule has 2 aromatic heterocycles. The molecule has 0 bridgehead atoms. The first-order valence-corrected chi connectivity index (χ1v) is 7.82. The van der Waals surface area contributed by atoms with E-state index < -0.39 is 0 Å². The zero-order chi connectivity index (χ0) is 12.9. The Bertz CT molecular complexity index is 503. The first kappa shape index (κ1) is 12.8.